The van der Waals surface area contributed by atoms with Crippen LogP contribution in [0.4, 0.5) is 5.82 Å². The number of hydrogen-bond donors (Lipinski definition) is 0. The second-order valence-electron chi connectivity index (χ2n) is 4.77. The second-order valence-corrected chi connectivity index (χ2v) is 6.75. The molecule has 2 aromatic rings. The highest BCUT2D eigenvalue weighted by molar-refractivity contribution is 7.90. The van der Waals surface area contributed by atoms with E-state index in [1.165, 1.54) is 0 Å². The van der Waals surface area contributed by atoms with Crippen LogP contribution in [0.25, 0.3) is 0 Å². The third-order valence-electron chi connectivity index (χ3n) is 2.99. The lowest BCUT2D eigenvalue weighted by atomic mass is 10.1. The molecule has 0 radical (unpaired) electrons. The monoisotopic (exact) mass is 301 g/mol. The quantitative estimate of drug-likeness (QED) is 0.863. The van der Waals surface area contributed by atoms with E-state index in [9.17, 15) is 8.42 Å². The van der Waals surface area contributed by atoms with Crippen molar-refractivity contribution in [1.29, 1.82) is 5.26 Å². The van der Waals surface area contributed by atoms with Crippen molar-refractivity contribution in [2.75, 3.05) is 18.2 Å². The van der Waals surface area contributed by atoms with Gasteiger partial charge in [-0.3, -0.25) is 0 Å². The molecule has 0 aliphatic carbocycles. The summed E-state index contributed by atoms with van der Waals surface area (Å²) in [5.41, 5.74) is 1.49. The van der Waals surface area contributed by atoms with Crippen molar-refractivity contribution in [3.8, 4) is 6.07 Å². The van der Waals surface area contributed by atoms with Crippen LogP contribution in [0.2, 0.25) is 0 Å². The molecule has 0 atom stereocenters. The highest BCUT2D eigenvalue weighted by Crippen LogP contribution is 2.22. The fourth-order valence-electron chi connectivity index (χ4n) is 2.05. The zero-order valence-electron chi connectivity index (χ0n) is 11.8. The Morgan fingerprint density at radius 1 is 1.29 bits per heavy atom. The molecule has 1 aromatic heterocycles. The molecule has 5 nitrogen and oxygen atoms in total. The molecule has 6 heteroatoms. The molecule has 0 unspecified atom stereocenters. The Labute approximate surface area is 124 Å². The minimum atomic E-state index is -3.34. The molecule has 0 fully saturated rings. The van der Waals surface area contributed by atoms with Gasteiger partial charge in [0.2, 0.25) is 0 Å². The van der Waals surface area contributed by atoms with Gasteiger partial charge in [-0.1, -0.05) is 12.1 Å². The van der Waals surface area contributed by atoms with Gasteiger partial charge in [-0.15, -0.1) is 0 Å². The first-order chi connectivity index (χ1) is 9.91. The summed E-state index contributed by atoms with van der Waals surface area (Å²) < 4.78 is 23.6. The Morgan fingerprint density at radius 2 is 2.05 bits per heavy atom. The minimum Gasteiger partial charge on any atom is -0.354 e. The predicted octanol–water partition coefficient (Wildman–Crippen LogP) is 1.99. The van der Waals surface area contributed by atoms with Gasteiger partial charge in [0.15, 0.2) is 9.84 Å². The molecule has 0 saturated heterocycles. The molecule has 0 saturated carbocycles. The maximum atomic E-state index is 11.8. The number of rotatable bonds is 4. The highest BCUT2D eigenvalue weighted by Gasteiger charge is 2.17. The van der Waals surface area contributed by atoms with Gasteiger partial charge >= 0.3 is 0 Å². The molecular formula is C15H15N3O2S. The van der Waals surface area contributed by atoms with Gasteiger partial charge in [0, 0.05) is 26.0 Å². The van der Waals surface area contributed by atoms with Crippen molar-refractivity contribution in [1.82, 2.24) is 4.98 Å². The van der Waals surface area contributed by atoms with Crippen molar-refractivity contribution in [2.24, 2.45) is 0 Å². The first kappa shape index (κ1) is 15.0. The Hall–Kier alpha value is -2.39. The van der Waals surface area contributed by atoms with Gasteiger partial charge in [0.25, 0.3) is 0 Å². The van der Waals surface area contributed by atoms with E-state index < -0.39 is 9.84 Å². The lowest BCUT2D eigenvalue weighted by Gasteiger charge is -2.20. The van der Waals surface area contributed by atoms with Gasteiger partial charge in [-0.25, -0.2) is 13.4 Å². The maximum Gasteiger partial charge on any atom is 0.179 e. The summed E-state index contributed by atoms with van der Waals surface area (Å²) in [5.74, 6) is 0.405. The summed E-state index contributed by atoms with van der Waals surface area (Å²) in [5, 5.41) is 8.91. The minimum absolute atomic E-state index is 0.198. The molecule has 0 aliphatic heterocycles. The van der Waals surface area contributed by atoms with E-state index in [2.05, 4.69) is 11.1 Å². The number of anilines is 1. The van der Waals surface area contributed by atoms with Crippen molar-refractivity contribution >= 4 is 15.7 Å². The standard InChI is InChI=1S/C15H15N3O2S/c1-18(11-13-6-3-5-12(9-13)10-16)15-14(21(2,19)20)7-4-8-17-15/h3-9H,11H2,1-2H3. The first-order valence-electron chi connectivity index (χ1n) is 6.27. The van der Waals surface area contributed by atoms with Gasteiger partial charge in [-0.05, 0) is 29.8 Å². The lowest BCUT2D eigenvalue weighted by Crippen LogP contribution is -2.20. The Balaban J connectivity index is 2.33. The van der Waals surface area contributed by atoms with Crippen molar-refractivity contribution in [3.05, 3.63) is 53.7 Å². The van der Waals surface area contributed by atoms with Gasteiger partial charge in [0.05, 0.1) is 11.6 Å². The summed E-state index contributed by atoms with van der Waals surface area (Å²) in [6.07, 6.45) is 2.73. The van der Waals surface area contributed by atoms with Crippen LogP contribution < -0.4 is 4.90 Å². The third-order valence-corrected chi connectivity index (χ3v) is 4.11. The summed E-state index contributed by atoms with van der Waals surface area (Å²) in [7, 11) is -1.57. The van der Waals surface area contributed by atoms with Crippen LogP contribution in [0, 0.1) is 11.3 Å². The van der Waals surface area contributed by atoms with E-state index in [0.29, 0.717) is 17.9 Å². The zero-order chi connectivity index (χ0) is 15.5. The van der Waals surface area contributed by atoms with Crippen LogP contribution in [0.3, 0.4) is 0 Å². The molecule has 0 spiro atoms. The number of sulfone groups is 1. The average Bonchev–Trinajstić information content (AvgIpc) is 2.46. The normalized spacial score (nSPS) is 10.9. The Bertz CT molecular complexity index is 795. The Kier molecular flexibility index (Phi) is 4.24. The molecule has 0 amide bonds. The van der Waals surface area contributed by atoms with Crippen LogP contribution in [0.5, 0.6) is 0 Å². The van der Waals surface area contributed by atoms with Crippen LogP contribution in [0.1, 0.15) is 11.1 Å². The first-order valence-corrected chi connectivity index (χ1v) is 8.16. The van der Waals surface area contributed by atoms with E-state index in [0.717, 1.165) is 11.8 Å². The number of benzene rings is 1. The molecule has 1 aromatic carbocycles. The number of nitriles is 1. The van der Waals surface area contributed by atoms with Crippen molar-refractivity contribution < 1.29 is 8.42 Å². The number of pyridine rings is 1. The number of aromatic nitrogens is 1. The third kappa shape index (κ3) is 3.58. The zero-order valence-corrected chi connectivity index (χ0v) is 12.6. The van der Waals surface area contributed by atoms with E-state index in [1.54, 1.807) is 48.5 Å². The van der Waals surface area contributed by atoms with E-state index in [-0.39, 0.29) is 4.90 Å². The van der Waals surface area contributed by atoms with E-state index in [1.807, 2.05) is 6.07 Å². The molecular weight excluding hydrogens is 286 g/mol. The van der Waals surface area contributed by atoms with Crippen molar-refractivity contribution in [2.45, 2.75) is 11.4 Å². The summed E-state index contributed by atoms with van der Waals surface area (Å²) in [6.45, 7) is 0.467. The number of nitrogens with zero attached hydrogens (tertiary/aromatic N) is 3. The summed E-state index contributed by atoms with van der Waals surface area (Å²) in [4.78, 5) is 6.12. The maximum absolute atomic E-state index is 11.8. The summed E-state index contributed by atoms with van der Waals surface area (Å²) in [6, 6.07) is 12.4. The highest BCUT2D eigenvalue weighted by atomic mass is 32.2. The average molecular weight is 301 g/mol. The molecule has 2 rings (SSSR count). The molecule has 1 heterocycles. The fourth-order valence-corrected chi connectivity index (χ4v) is 2.91. The lowest BCUT2D eigenvalue weighted by molar-refractivity contribution is 0.601. The van der Waals surface area contributed by atoms with Gasteiger partial charge in [0.1, 0.15) is 10.7 Å². The number of hydrogen-bond acceptors (Lipinski definition) is 5. The Morgan fingerprint density at radius 3 is 2.71 bits per heavy atom. The van der Waals surface area contributed by atoms with Crippen LogP contribution in [-0.2, 0) is 16.4 Å². The topological polar surface area (TPSA) is 74.1 Å². The fraction of sp³-hybridized carbons (Fsp3) is 0.200. The van der Waals surface area contributed by atoms with Gasteiger partial charge < -0.3 is 4.90 Å². The smallest absolute Gasteiger partial charge is 0.179 e. The molecule has 21 heavy (non-hydrogen) atoms. The SMILES string of the molecule is CN(Cc1cccc(C#N)c1)c1ncccc1S(C)(=O)=O. The molecule has 0 aliphatic rings. The van der Waals surface area contributed by atoms with Crippen LogP contribution in [-0.4, -0.2) is 26.7 Å². The summed E-state index contributed by atoms with van der Waals surface area (Å²) >= 11 is 0. The largest absolute Gasteiger partial charge is 0.354 e. The van der Waals surface area contributed by atoms with E-state index in [4.69, 9.17) is 5.26 Å². The van der Waals surface area contributed by atoms with Crippen LogP contribution in [0.15, 0.2) is 47.5 Å². The molecule has 0 N–H and O–H groups in total. The molecule has 0 bridgehead atoms. The van der Waals surface area contributed by atoms with Crippen molar-refractivity contribution in [3.63, 3.8) is 0 Å². The predicted molar refractivity (Wildman–Crippen MR) is 80.6 cm³/mol. The second kappa shape index (κ2) is 5.94. The van der Waals surface area contributed by atoms with Gasteiger partial charge in [-0.2, -0.15) is 5.26 Å². The van der Waals surface area contributed by atoms with E-state index >= 15 is 0 Å². The molecule has 108 valence electrons. The van der Waals surface area contributed by atoms with Crippen LogP contribution >= 0.6 is 0 Å².